The van der Waals surface area contributed by atoms with E-state index in [0.717, 1.165) is 0 Å². The molecule has 0 radical (unpaired) electrons. The molecule has 0 bridgehead atoms. The highest BCUT2D eigenvalue weighted by atomic mass is 19.2. The van der Waals surface area contributed by atoms with Crippen LogP contribution in [0.2, 0.25) is 0 Å². The summed E-state index contributed by atoms with van der Waals surface area (Å²) in [6.07, 6.45) is 0.343. The summed E-state index contributed by atoms with van der Waals surface area (Å²) >= 11 is 0. The van der Waals surface area contributed by atoms with Crippen molar-refractivity contribution in [2.24, 2.45) is 5.92 Å². The number of allylic oxidation sites excluding steroid dienone is 1. The van der Waals surface area contributed by atoms with Gasteiger partial charge in [0.15, 0.2) is 0 Å². The molecule has 0 heterocycles. The lowest BCUT2D eigenvalue weighted by molar-refractivity contribution is -0.137. The van der Waals surface area contributed by atoms with E-state index in [9.17, 15) is 13.6 Å². The van der Waals surface area contributed by atoms with Gasteiger partial charge in [-0.25, -0.2) is 13.6 Å². The topological polar surface area (TPSA) is 26.3 Å². The molecule has 1 rings (SSSR count). The third-order valence-electron chi connectivity index (χ3n) is 2.24. The summed E-state index contributed by atoms with van der Waals surface area (Å²) in [7, 11) is 0. The standard InChI is InChI=1S/C10H14F2O2/c1-2-14-10(13)4-3-7-5-8(11)9(12)6-7/h3-4,7-9H,2,5-6H2,1H3/b4-3-/t7-,8+,9-. The first-order valence-electron chi connectivity index (χ1n) is 4.76. The van der Waals surface area contributed by atoms with Crippen molar-refractivity contribution in [3.8, 4) is 0 Å². The van der Waals surface area contributed by atoms with Crippen LogP contribution in [0.15, 0.2) is 12.2 Å². The van der Waals surface area contributed by atoms with Gasteiger partial charge in [0.05, 0.1) is 6.61 Å². The number of halogens is 2. The van der Waals surface area contributed by atoms with Crippen LogP contribution in [0.3, 0.4) is 0 Å². The molecule has 14 heavy (non-hydrogen) atoms. The lowest BCUT2D eigenvalue weighted by atomic mass is 10.1. The van der Waals surface area contributed by atoms with E-state index < -0.39 is 18.3 Å². The lowest BCUT2D eigenvalue weighted by Crippen LogP contribution is -2.06. The number of esters is 1. The van der Waals surface area contributed by atoms with E-state index in [0.29, 0.717) is 6.61 Å². The number of hydrogen-bond acceptors (Lipinski definition) is 2. The van der Waals surface area contributed by atoms with Crippen LogP contribution in [0.1, 0.15) is 19.8 Å². The van der Waals surface area contributed by atoms with Crippen LogP contribution in [-0.2, 0) is 9.53 Å². The Morgan fingerprint density at radius 3 is 2.50 bits per heavy atom. The van der Waals surface area contributed by atoms with Crippen LogP contribution in [0, 0.1) is 5.92 Å². The Morgan fingerprint density at radius 2 is 2.00 bits per heavy atom. The van der Waals surface area contributed by atoms with Crippen molar-refractivity contribution in [2.75, 3.05) is 6.61 Å². The molecule has 0 aromatic rings. The third kappa shape index (κ3) is 3.09. The van der Waals surface area contributed by atoms with Gasteiger partial charge in [0.25, 0.3) is 0 Å². The Kier molecular flexibility index (Phi) is 4.04. The second-order valence-electron chi connectivity index (χ2n) is 3.37. The maximum absolute atomic E-state index is 12.7. The normalized spacial score (nSPS) is 32.4. The van der Waals surface area contributed by atoms with Gasteiger partial charge in [0.2, 0.25) is 0 Å². The fourth-order valence-electron chi connectivity index (χ4n) is 1.53. The minimum absolute atomic E-state index is 0.164. The maximum atomic E-state index is 12.7. The van der Waals surface area contributed by atoms with Crippen molar-refractivity contribution < 1.29 is 18.3 Å². The number of carbonyl (C=O) groups is 1. The Balaban J connectivity index is 2.35. The summed E-state index contributed by atoms with van der Waals surface area (Å²) in [5.74, 6) is -0.630. The average Bonchev–Trinajstić information content (AvgIpc) is 2.44. The molecule has 0 unspecified atom stereocenters. The number of carbonyl (C=O) groups excluding carboxylic acids is 1. The quantitative estimate of drug-likeness (QED) is 0.520. The molecule has 1 saturated carbocycles. The molecule has 0 aromatic heterocycles. The summed E-state index contributed by atoms with van der Waals surface area (Å²) in [5.41, 5.74) is 0. The fourth-order valence-corrected chi connectivity index (χ4v) is 1.53. The van der Waals surface area contributed by atoms with E-state index in [2.05, 4.69) is 4.74 Å². The number of alkyl halides is 2. The first-order chi connectivity index (χ1) is 6.63. The van der Waals surface area contributed by atoms with Crippen LogP contribution < -0.4 is 0 Å². The molecule has 1 aliphatic rings. The molecule has 1 aliphatic carbocycles. The van der Waals surface area contributed by atoms with E-state index in [-0.39, 0.29) is 18.8 Å². The number of rotatable bonds is 3. The van der Waals surface area contributed by atoms with Crippen molar-refractivity contribution in [2.45, 2.75) is 32.1 Å². The molecule has 1 fully saturated rings. The minimum Gasteiger partial charge on any atom is -0.463 e. The third-order valence-corrected chi connectivity index (χ3v) is 2.24. The van der Waals surface area contributed by atoms with Crippen LogP contribution in [0.4, 0.5) is 8.78 Å². The predicted molar refractivity (Wildman–Crippen MR) is 48.3 cm³/mol. The van der Waals surface area contributed by atoms with Crippen LogP contribution >= 0.6 is 0 Å². The highest BCUT2D eigenvalue weighted by Gasteiger charge is 2.32. The van der Waals surface area contributed by atoms with Crippen LogP contribution in [-0.4, -0.2) is 24.9 Å². The monoisotopic (exact) mass is 204 g/mol. The highest BCUT2D eigenvalue weighted by molar-refractivity contribution is 5.81. The molecular formula is C10H14F2O2. The molecule has 80 valence electrons. The first-order valence-corrected chi connectivity index (χ1v) is 4.76. The van der Waals surface area contributed by atoms with Crippen molar-refractivity contribution >= 4 is 5.97 Å². The molecular weight excluding hydrogens is 190 g/mol. The van der Waals surface area contributed by atoms with E-state index in [4.69, 9.17) is 0 Å². The Hall–Kier alpha value is -0.930. The Bertz CT molecular complexity index is 218. The Morgan fingerprint density at radius 1 is 1.43 bits per heavy atom. The summed E-state index contributed by atoms with van der Waals surface area (Å²) in [6.45, 7) is 2.02. The molecule has 3 atom stereocenters. The predicted octanol–water partition coefficient (Wildman–Crippen LogP) is 2.19. The zero-order valence-electron chi connectivity index (χ0n) is 8.08. The number of ether oxygens (including phenoxy) is 1. The largest absolute Gasteiger partial charge is 0.463 e. The van der Waals surface area contributed by atoms with Gasteiger partial charge in [-0.05, 0) is 25.7 Å². The number of hydrogen-bond donors (Lipinski definition) is 0. The van der Waals surface area contributed by atoms with Gasteiger partial charge in [-0.1, -0.05) is 6.08 Å². The summed E-state index contributed by atoms with van der Waals surface area (Å²) in [5, 5.41) is 0. The summed E-state index contributed by atoms with van der Waals surface area (Å²) in [6, 6.07) is 0. The minimum atomic E-state index is -1.38. The average molecular weight is 204 g/mol. The van der Waals surface area contributed by atoms with Gasteiger partial charge in [-0.3, -0.25) is 0 Å². The van der Waals surface area contributed by atoms with E-state index >= 15 is 0 Å². The van der Waals surface area contributed by atoms with Crippen LogP contribution in [0.5, 0.6) is 0 Å². The van der Waals surface area contributed by atoms with E-state index in [1.54, 1.807) is 6.92 Å². The van der Waals surface area contributed by atoms with Crippen molar-refractivity contribution in [1.29, 1.82) is 0 Å². The fraction of sp³-hybridized carbons (Fsp3) is 0.700. The highest BCUT2D eigenvalue weighted by Crippen LogP contribution is 2.31. The molecule has 0 saturated heterocycles. The van der Waals surface area contributed by atoms with Gasteiger partial charge in [0.1, 0.15) is 12.3 Å². The lowest BCUT2D eigenvalue weighted by Gasteiger charge is -1.99. The molecule has 0 aliphatic heterocycles. The molecule has 2 nitrogen and oxygen atoms in total. The second-order valence-corrected chi connectivity index (χ2v) is 3.37. The van der Waals surface area contributed by atoms with Gasteiger partial charge in [0, 0.05) is 6.08 Å². The van der Waals surface area contributed by atoms with Crippen molar-refractivity contribution in [3.63, 3.8) is 0 Å². The van der Waals surface area contributed by atoms with Crippen molar-refractivity contribution in [3.05, 3.63) is 12.2 Å². The van der Waals surface area contributed by atoms with Crippen LogP contribution in [0.25, 0.3) is 0 Å². The van der Waals surface area contributed by atoms with Gasteiger partial charge < -0.3 is 4.74 Å². The molecule has 4 heteroatoms. The van der Waals surface area contributed by atoms with E-state index in [1.807, 2.05) is 0 Å². The second kappa shape index (κ2) is 5.08. The first kappa shape index (κ1) is 11.1. The molecule has 0 N–H and O–H groups in total. The molecule has 0 amide bonds. The summed E-state index contributed by atoms with van der Waals surface area (Å²) in [4.78, 5) is 10.9. The zero-order valence-corrected chi connectivity index (χ0v) is 8.08. The van der Waals surface area contributed by atoms with Crippen molar-refractivity contribution in [1.82, 2.24) is 0 Å². The van der Waals surface area contributed by atoms with Gasteiger partial charge in [-0.15, -0.1) is 0 Å². The molecule has 0 spiro atoms. The maximum Gasteiger partial charge on any atom is 0.330 e. The SMILES string of the molecule is CCOC(=O)/C=C\[C@H]1C[C@@H](F)[C@@H](F)C1. The van der Waals surface area contributed by atoms with Gasteiger partial charge >= 0.3 is 5.97 Å². The Labute approximate surface area is 81.9 Å². The van der Waals surface area contributed by atoms with E-state index in [1.165, 1.54) is 12.2 Å². The van der Waals surface area contributed by atoms with Gasteiger partial charge in [-0.2, -0.15) is 0 Å². The zero-order chi connectivity index (χ0) is 10.6. The molecule has 0 aromatic carbocycles. The smallest absolute Gasteiger partial charge is 0.330 e. The summed E-state index contributed by atoms with van der Waals surface area (Å²) < 4.78 is 30.1.